The van der Waals surface area contributed by atoms with E-state index in [0.717, 1.165) is 19.3 Å². The lowest BCUT2D eigenvalue weighted by Gasteiger charge is -2.38. The summed E-state index contributed by atoms with van der Waals surface area (Å²) in [4.78, 5) is 8.58. The largest absolute Gasteiger partial charge is 0.694 e. The molecule has 0 saturated heterocycles. The van der Waals surface area contributed by atoms with Crippen LogP contribution in [-0.2, 0) is 27.2 Å². The van der Waals surface area contributed by atoms with E-state index in [1.807, 2.05) is 6.07 Å². The van der Waals surface area contributed by atoms with Gasteiger partial charge in [0.2, 0.25) is 0 Å². The molecule has 1 aliphatic carbocycles. The van der Waals surface area contributed by atoms with Crippen molar-refractivity contribution in [1.29, 1.82) is 0 Å². The van der Waals surface area contributed by atoms with E-state index in [1.165, 1.54) is 49.8 Å². The number of hydrogen-bond donors (Lipinski definition) is 3. The third kappa shape index (κ3) is 8.84. The van der Waals surface area contributed by atoms with Crippen molar-refractivity contribution in [2.24, 2.45) is 0 Å². The van der Waals surface area contributed by atoms with Crippen molar-refractivity contribution in [1.82, 2.24) is 5.32 Å². The van der Waals surface area contributed by atoms with Gasteiger partial charge in [-0.3, -0.25) is 0 Å². The molecule has 1 aliphatic rings. The van der Waals surface area contributed by atoms with Crippen LogP contribution in [0.4, 0.5) is 18.9 Å². The zero-order valence-corrected chi connectivity index (χ0v) is 21.6. The molecule has 1 atom stereocenters. The lowest BCUT2D eigenvalue weighted by Crippen LogP contribution is -2.29. The Hall–Kier alpha value is -1.99. The smallest absolute Gasteiger partial charge is 0.385 e. The number of nitrogens with one attached hydrogen (secondary N) is 2. The third-order valence-electron chi connectivity index (χ3n) is 7.01. The standard InChI is InChI=1S/C27H36F3N2O3P/c28-27(29,30)24-20-22(21-31-17-9-19-35-36(33)34)12-13-25(24)32-18-8-7-16-26(14-5-2-6-15-26)23-10-3-1-4-11-23/h1,3-4,10-13,20,31-32H,2,5-9,14-19,21H2/p+1. The van der Waals surface area contributed by atoms with Crippen LogP contribution in [0.2, 0.25) is 0 Å². The lowest BCUT2D eigenvalue weighted by molar-refractivity contribution is -0.137. The second kappa shape index (κ2) is 14.1. The summed E-state index contributed by atoms with van der Waals surface area (Å²) in [6.45, 7) is 1.35. The predicted molar refractivity (Wildman–Crippen MR) is 137 cm³/mol. The highest BCUT2D eigenvalue weighted by molar-refractivity contribution is 7.32. The third-order valence-corrected chi connectivity index (χ3v) is 7.42. The van der Waals surface area contributed by atoms with E-state index in [-0.39, 0.29) is 24.3 Å². The number of halogens is 3. The maximum absolute atomic E-state index is 13.7. The molecule has 0 radical (unpaired) electrons. The molecule has 9 heteroatoms. The summed E-state index contributed by atoms with van der Waals surface area (Å²) >= 11 is 0. The number of anilines is 1. The predicted octanol–water partition coefficient (Wildman–Crippen LogP) is 7.34. The fourth-order valence-electron chi connectivity index (χ4n) is 5.18. The van der Waals surface area contributed by atoms with Crippen LogP contribution < -0.4 is 10.6 Å². The van der Waals surface area contributed by atoms with Crippen molar-refractivity contribution in [3.05, 3.63) is 65.2 Å². The molecule has 3 rings (SSSR count). The Morgan fingerprint density at radius 2 is 1.72 bits per heavy atom. The minimum atomic E-state index is -4.45. The molecule has 0 heterocycles. The van der Waals surface area contributed by atoms with Crippen LogP contribution in [0, 0.1) is 0 Å². The van der Waals surface area contributed by atoms with Crippen molar-refractivity contribution in [2.45, 2.75) is 75.9 Å². The van der Waals surface area contributed by atoms with Gasteiger partial charge in [0.25, 0.3) is 0 Å². The Balaban J connectivity index is 1.50. The Morgan fingerprint density at radius 1 is 0.972 bits per heavy atom. The number of alkyl halides is 3. The molecule has 1 saturated carbocycles. The molecule has 2 aromatic carbocycles. The highest BCUT2D eigenvalue weighted by Gasteiger charge is 2.34. The Bertz CT molecular complexity index is 951. The Labute approximate surface area is 212 Å². The summed E-state index contributed by atoms with van der Waals surface area (Å²) in [6.07, 6.45) is 5.02. The van der Waals surface area contributed by atoms with E-state index in [9.17, 15) is 17.7 Å². The van der Waals surface area contributed by atoms with Gasteiger partial charge in [-0.1, -0.05) is 62.1 Å². The first-order valence-electron chi connectivity index (χ1n) is 12.8. The number of rotatable bonds is 14. The van der Waals surface area contributed by atoms with E-state index < -0.39 is 20.0 Å². The Kier molecular flexibility index (Phi) is 11.2. The molecule has 3 N–H and O–H groups in total. The van der Waals surface area contributed by atoms with Crippen LogP contribution in [0.5, 0.6) is 0 Å². The maximum Gasteiger partial charge on any atom is 0.694 e. The molecule has 198 valence electrons. The van der Waals surface area contributed by atoms with Crippen LogP contribution in [0.3, 0.4) is 0 Å². The molecule has 0 spiro atoms. The van der Waals surface area contributed by atoms with Gasteiger partial charge in [-0.2, -0.15) is 13.2 Å². The summed E-state index contributed by atoms with van der Waals surface area (Å²) in [5.74, 6) is 0. The molecule has 0 bridgehead atoms. The molecule has 1 fully saturated rings. The quantitative estimate of drug-likeness (QED) is 0.178. The molecular formula is C27H37F3N2O3P+. The summed E-state index contributed by atoms with van der Waals surface area (Å²) in [6, 6.07) is 15.1. The van der Waals surface area contributed by atoms with Gasteiger partial charge in [0.05, 0.1) is 5.56 Å². The minimum Gasteiger partial charge on any atom is -0.385 e. The average Bonchev–Trinajstić information content (AvgIpc) is 2.87. The van der Waals surface area contributed by atoms with Crippen molar-refractivity contribution >= 4 is 13.9 Å². The SMILES string of the molecule is O=[P+](O)OCCCNCc1ccc(NCCCCC2(c3ccccc3)CCCCC2)c(C(F)(F)F)c1. The summed E-state index contributed by atoms with van der Waals surface area (Å²) in [7, 11) is -2.62. The summed E-state index contributed by atoms with van der Waals surface area (Å²) in [5, 5.41) is 6.06. The van der Waals surface area contributed by atoms with Gasteiger partial charge in [-0.15, -0.1) is 9.42 Å². The first-order valence-corrected chi connectivity index (χ1v) is 13.9. The zero-order chi connectivity index (χ0) is 25.9. The molecule has 1 unspecified atom stereocenters. The fourth-order valence-corrected chi connectivity index (χ4v) is 5.46. The molecule has 0 amide bonds. The van der Waals surface area contributed by atoms with E-state index in [4.69, 9.17) is 4.89 Å². The lowest BCUT2D eigenvalue weighted by atomic mass is 9.67. The van der Waals surface area contributed by atoms with Gasteiger partial charge in [0, 0.05) is 23.3 Å². The van der Waals surface area contributed by atoms with Crippen molar-refractivity contribution in [2.75, 3.05) is 25.0 Å². The van der Waals surface area contributed by atoms with Crippen molar-refractivity contribution < 1.29 is 27.2 Å². The normalized spacial score (nSPS) is 16.1. The number of hydrogen-bond acceptors (Lipinski definition) is 4. The van der Waals surface area contributed by atoms with Crippen LogP contribution >= 0.6 is 8.25 Å². The van der Waals surface area contributed by atoms with Crippen LogP contribution in [0.1, 0.15) is 74.5 Å². The van der Waals surface area contributed by atoms with Gasteiger partial charge in [0.1, 0.15) is 6.61 Å². The minimum absolute atomic E-state index is 0.113. The van der Waals surface area contributed by atoms with Gasteiger partial charge >= 0.3 is 14.4 Å². The molecule has 5 nitrogen and oxygen atoms in total. The van der Waals surface area contributed by atoms with E-state index >= 15 is 0 Å². The van der Waals surface area contributed by atoms with E-state index in [2.05, 4.69) is 39.4 Å². The fraction of sp³-hybridized carbons (Fsp3) is 0.556. The van der Waals surface area contributed by atoms with Gasteiger partial charge in [-0.05, 0) is 67.3 Å². The van der Waals surface area contributed by atoms with Crippen LogP contribution in [0.15, 0.2) is 48.5 Å². The van der Waals surface area contributed by atoms with Crippen molar-refractivity contribution in [3.63, 3.8) is 0 Å². The number of benzene rings is 2. The highest BCUT2D eigenvalue weighted by atomic mass is 31.1. The topological polar surface area (TPSA) is 70.6 Å². The first-order chi connectivity index (χ1) is 17.3. The van der Waals surface area contributed by atoms with Gasteiger partial charge in [0.15, 0.2) is 0 Å². The molecule has 36 heavy (non-hydrogen) atoms. The molecular weight excluding hydrogens is 488 g/mol. The molecule has 2 aromatic rings. The second-order valence-corrected chi connectivity index (χ2v) is 10.3. The van der Waals surface area contributed by atoms with E-state index in [0.29, 0.717) is 25.1 Å². The van der Waals surface area contributed by atoms with Gasteiger partial charge in [-0.25, -0.2) is 0 Å². The Morgan fingerprint density at radius 3 is 2.42 bits per heavy atom. The van der Waals surface area contributed by atoms with Crippen molar-refractivity contribution in [3.8, 4) is 0 Å². The highest BCUT2D eigenvalue weighted by Crippen LogP contribution is 2.43. The maximum atomic E-state index is 13.7. The molecule has 0 aromatic heterocycles. The monoisotopic (exact) mass is 525 g/mol. The summed E-state index contributed by atoms with van der Waals surface area (Å²) < 4.78 is 56.2. The number of unbranched alkanes of at least 4 members (excludes halogenated alkanes) is 1. The zero-order valence-electron chi connectivity index (χ0n) is 20.7. The average molecular weight is 526 g/mol. The van der Waals surface area contributed by atoms with Crippen LogP contribution in [-0.4, -0.2) is 24.6 Å². The second-order valence-electron chi connectivity index (χ2n) is 9.57. The van der Waals surface area contributed by atoms with E-state index in [1.54, 1.807) is 6.07 Å². The molecule has 0 aliphatic heterocycles. The van der Waals surface area contributed by atoms with Crippen LogP contribution in [0.25, 0.3) is 0 Å². The summed E-state index contributed by atoms with van der Waals surface area (Å²) in [5.41, 5.74) is 1.59. The van der Waals surface area contributed by atoms with Gasteiger partial charge < -0.3 is 10.6 Å². The first kappa shape index (κ1) is 28.6.